The highest BCUT2D eigenvalue weighted by Crippen LogP contribution is 2.39. The van der Waals surface area contributed by atoms with Crippen molar-refractivity contribution < 1.29 is 27.4 Å². The van der Waals surface area contributed by atoms with Crippen LogP contribution in [0.4, 0.5) is 5.69 Å². The first kappa shape index (κ1) is 25.7. The molecule has 0 radical (unpaired) electrons. The van der Waals surface area contributed by atoms with E-state index in [2.05, 4.69) is 5.32 Å². The van der Waals surface area contributed by atoms with Gasteiger partial charge in [-0.2, -0.15) is 0 Å². The van der Waals surface area contributed by atoms with Crippen LogP contribution in [0.5, 0.6) is 17.2 Å². The zero-order chi connectivity index (χ0) is 25.9. The molecule has 0 saturated heterocycles. The van der Waals surface area contributed by atoms with Gasteiger partial charge in [-0.05, 0) is 73.5 Å². The van der Waals surface area contributed by atoms with Gasteiger partial charge < -0.3 is 19.5 Å². The maximum absolute atomic E-state index is 13.5. The second-order valence-corrected chi connectivity index (χ2v) is 10.6. The SMILES string of the molecule is COc1ccc(S(=O)(=O)N2C[C@@H](C(=O)NCCOc3cccc(C)c3C)Oc3ccc(Cl)cc32)cc1. The van der Waals surface area contributed by atoms with Gasteiger partial charge in [-0.3, -0.25) is 9.10 Å². The first-order chi connectivity index (χ1) is 17.2. The van der Waals surface area contributed by atoms with E-state index in [9.17, 15) is 13.2 Å². The summed E-state index contributed by atoms with van der Waals surface area (Å²) >= 11 is 6.15. The molecule has 0 aliphatic carbocycles. The molecule has 4 rings (SSSR count). The van der Waals surface area contributed by atoms with Crippen LogP contribution in [0, 0.1) is 13.8 Å². The Morgan fingerprint density at radius 1 is 1.14 bits per heavy atom. The lowest BCUT2D eigenvalue weighted by Crippen LogP contribution is -2.51. The molecular formula is C26H27ClN2O6S. The molecule has 190 valence electrons. The summed E-state index contributed by atoms with van der Waals surface area (Å²) in [6.07, 6.45) is -1.06. The fraction of sp³-hybridized carbons (Fsp3) is 0.269. The maximum Gasteiger partial charge on any atom is 0.264 e. The number of benzene rings is 3. The number of ether oxygens (including phenoxy) is 3. The molecule has 8 nitrogen and oxygen atoms in total. The van der Waals surface area contributed by atoms with Crippen molar-refractivity contribution >= 4 is 33.2 Å². The molecular weight excluding hydrogens is 504 g/mol. The molecule has 0 bridgehead atoms. The molecule has 0 saturated carbocycles. The number of amides is 1. The molecule has 3 aromatic rings. The van der Waals surface area contributed by atoms with Gasteiger partial charge in [0.2, 0.25) is 0 Å². The number of aryl methyl sites for hydroxylation is 1. The summed E-state index contributed by atoms with van der Waals surface area (Å²) in [7, 11) is -2.52. The highest BCUT2D eigenvalue weighted by Gasteiger charge is 2.37. The van der Waals surface area contributed by atoms with Gasteiger partial charge in [0, 0.05) is 5.02 Å². The van der Waals surface area contributed by atoms with Crippen LogP contribution in [0.3, 0.4) is 0 Å². The molecule has 1 aliphatic heterocycles. The van der Waals surface area contributed by atoms with E-state index in [1.807, 2.05) is 32.0 Å². The predicted molar refractivity (Wildman–Crippen MR) is 138 cm³/mol. The minimum atomic E-state index is -4.02. The third-order valence-corrected chi connectivity index (χ3v) is 7.97. The van der Waals surface area contributed by atoms with Crippen molar-refractivity contribution in [1.82, 2.24) is 5.32 Å². The molecule has 1 atom stereocenters. The van der Waals surface area contributed by atoms with Crippen molar-refractivity contribution in [2.75, 3.05) is 31.1 Å². The molecule has 1 aliphatic rings. The van der Waals surface area contributed by atoms with Crippen molar-refractivity contribution in [3.63, 3.8) is 0 Å². The smallest absolute Gasteiger partial charge is 0.264 e. The van der Waals surface area contributed by atoms with Gasteiger partial charge in [0.1, 0.15) is 23.9 Å². The summed E-state index contributed by atoms with van der Waals surface area (Å²) < 4.78 is 45.0. The second kappa shape index (κ2) is 10.7. The van der Waals surface area contributed by atoms with Crippen molar-refractivity contribution in [3.8, 4) is 17.2 Å². The second-order valence-electron chi connectivity index (χ2n) is 8.27. The highest BCUT2D eigenvalue weighted by molar-refractivity contribution is 7.92. The fourth-order valence-electron chi connectivity index (χ4n) is 3.79. The number of sulfonamides is 1. The number of nitrogens with one attached hydrogen (secondary N) is 1. The van der Waals surface area contributed by atoms with Crippen molar-refractivity contribution in [1.29, 1.82) is 0 Å². The van der Waals surface area contributed by atoms with E-state index < -0.39 is 22.0 Å². The van der Waals surface area contributed by atoms with E-state index >= 15 is 0 Å². The Balaban J connectivity index is 1.49. The molecule has 36 heavy (non-hydrogen) atoms. The highest BCUT2D eigenvalue weighted by atomic mass is 35.5. The van der Waals surface area contributed by atoms with E-state index in [4.69, 9.17) is 25.8 Å². The summed E-state index contributed by atoms with van der Waals surface area (Å²) in [5.74, 6) is 1.07. The third-order valence-electron chi connectivity index (χ3n) is 5.94. The van der Waals surface area contributed by atoms with Gasteiger partial charge >= 0.3 is 0 Å². The minimum absolute atomic E-state index is 0.0530. The maximum atomic E-state index is 13.5. The van der Waals surface area contributed by atoms with Crippen LogP contribution in [0.2, 0.25) is 5.02 Å². The molecule has 0 spiro atoms. The zero-order valence-electron chi connectivity index (χ0n) is 20.2. The molecule has 1 amide bonds. The topological polar surface area (TPSA) is 94.2 Å². The Morgan fingerprint density at radius 3 is 2.61 bits per heavy atom. The van der Waals surface area contributed by atoms with Crippen LogP contribution in [-0.2, 0) is 14.8 Å². The number of methoxy groups -OCH3 is 1. The quantitative estimate of drug-likeness (QED) is 0.440. The molecule has 0 aromatic heterocycles. The van der Waals surface area contributed by atoms with Gasteiger partial charge in [0.25, 0.3) is 15.9 Å². The first-order valence-corrected chi connectivity index (χ1v) is 13.1. The standard InChI is InChI=1S/C26H27ClN2O6S/c1-17-5-4-6-23(18(17)2)34-14-13-28-26(30)25-16-29(22-15-19(27)7-12-24(22)35-25)36(31,32)21-10-8-20(33-3)9-11-21/h4-12,15,25H,13-14,16H2,1-3H3,(H,28,30)/t25-/m0/s1. The predicted octanol–water partition coefficient (Wildman–Crippen LogP) is 4.12. The largest absolute Gasteiger partial charge is 0.497 e. The summed E-state index contributed by atoms with van der Waals surface area (Å²) in [6.45, 7) is 4.24. The normalized spacial score (nSPS) is 15.0. The summed E-state index contributed by atoms with van der Waals surface area (Å²) in [5, 5.41) is 3.12. The van der Waals surface area contributed by atoms with Crippen molar-refractivity contribution in [2.24, 2.45) is 0 Å². The van der Waals surface area contributed by atoms with E-state index in [1.165, 1.54) is 25.3 Å². The van der Waals surface area contributed by atoms with E-state index in [0.29, 0.717) is 10.8 Å². The van der Waals surface area contributed by atoms with Gasteiger partial charge in [0.15, 0.2) is 6.10 Å². The minimum Gasteiger partial charge on any atom is -0.497 e. The first-order valence-electron chi connectivity index (χ1n) is 11.3. The van der Waals surface area contributed by atoms with Gasteiger partial charge in [-0.1, -0.05) is 23.7 Å². The number of halogens is 1. The Labute approximate surface area is 215 Å². The number of carbonyl (C=O) groups is 1. The Morgan fingerprint density at radius 2 is 1.89 bits per heavy atom. The summed E-state index contributed by atoms with van der Waals surface area (Å²) in [4.78, 5) is 13.0. The lowest BCUT2D eigenvalue weighted by molar-refractivity contribution is -0.127. The number of anilines is 1. The van der Waals surface area contributed by atoms with E-state index in [0.717, 1.165) is 21.2 Å². The van der Waals surface area contributed by atoms with Crippen LogP contribution in [0.15, 0.2) is 65.6 Å². The number of hydrogen-bond donors (Lipinski definition) is 1. The van der Waals surface area contributed by atoms with Crippen LogP contribution < -0.4 is 23.8 Å². The fourth-order valence-corrected chi connectivity index (χ4v) is 5.43. The van der Waals surface area contributed by atoms with Crippen LogP contribution in [-0.4, -0.2) is 47.2 Å². The zero-order valence-corrected chi connectivity index (χ0v) is 21.7. The molecule has 0 fully saturated rings. The monoisotopic (exact) mass is 530 g/mol. The van der Waals surface area contributed by atoms with Crippen LogP contribution in [0.25, 0.3) is 0 Å². The number of carbonyl (C=O) groups excluding carboxylic acids is 1. The number of rotatable bonds is 8. The Kier molecular flexibility index (Phi) is 7.61. The lowest BCUT2D eigenvalue weighted by atomic mass is 10.1. The molecule has 1 N–H and O–H groups in total. The van der Waals surface area contributed by atoms with Crippen molar-refractivity contribution in [3.05, 3.63) is 76.8 Å². The number of fused-ring (bicyclic) bond motifs is 1. The molecule has 3 aromatic carbocycles. The Bertz CT molecular complexity index is 1360. The summed E-state index contributed by atoms with van der Waals surface area (Å²) in [6, 6.07) is 16.4. The van der Waals surface area contributed by atoms with Crippen molar-refractivity contribution in [2.45, 2.75) is 24.8 Å². The average molecular weight is 531 g/mol. The van der Waals surface area contributed by atoms with Crippen LogP contribution in [0.1, 0.15) is 11.1 Å². The van der Waals surface area contributed by atoms with E-state index in [-0.39, 0.29) is 36.0 Å². The molecule has 10 heteroatoms. The van der Waals surface area contributed by atoms with Gasteiger partial charge in [-0.15, -0.1) is 0 Å². The van der Waals surface area contributed by atoms with Crippen LogP contribution >= 0.6 is 11.6 Å². The van der Waals surface area contributed by atoms with Gasteiger partial charge in [0.05, 0.1) is 30.8 Å². The molecule has 1 heterocycles. The van der Waals surface area contributed by atoms with Gasteiger partial charge in [-0.25, -0.2) is 8.42 Å². The Hall–Kier alpha value is -3.43. The van der Waals surface area contributed by atoms with E-state index in [1.54, 1.807) is 24.3 Å². The lowest BCUT2D eigenvalue weighted by Gasteiger charge is -2.34. The summed E-state index contributed by atoms with van der Waals surface area (Å²) in [5.41, 5.74) is 2.42. The average Bonchev–Trinajstić information content (AvgIpc) is 2.88. The number of hydrogen-bond acceptors (Lipinski definition) is 6. The molecule has 0 unspecified atom stereocenters. The third kappa shape index (κ3) is 5.37. The number of nitrogens with zero attached hydrogens (tertiary/aromatic N) is 1.